The fourth-order valence-corrected chi connectivity index (χ4v) is 1.48. The number of carboxylic acids is 1. The van der Waals surface area contributed by atoms with Crippen molar-refractivity contribution in [2.24, 2.45) is 0 Å². The molecule has 94 valence electrons. The molecule has 0 aliphatic rings. The zero-order valence-electron chi connectivity index (χ0n) is 9.54. The lowest BCUT2D eigenvalue weighted by Gasteiger charge is -2.05. The molecule has 0 unspecified atom stereocenters. The molecule has 0 saturated heterocycles. The van der Waals surface area contributed by atoms with E-state index in [-0.39, 0.29) is 5.56 Å². The van der Waals surface area contributed by atoms with Gasteiger partial charge in [-0.15, -0.1) is 0 Å². The van der Waals surface area contributed by atoms with Crippen LogP contribution in [-0.2, 0) is 13.0 Å². The maximum Gasteiger partial charge on any atom is 0.337 e. The van der Waals surface area contributed by atoms with Crippen LogP contribution >= 0.6 is 0 Å². The molecule has 18 heavy (non-hydrogen) atoms. The van der Waals surface area contributed by atoms with Gasteiger partial charge in [0.25, 0.3) is 0 Å². The van der Waals surface area contributed by atoms with E-state index in [4.69, 9.17) is 9.63 Å². The standard InChI is InChI=1S/C11H12N4O3/c16-11(17)8-2-1-4-13-9(8)6-12-5-3-10-14-7-15-18-10/h1-2,4,7,12H,3,5-6H2,(H,16,17). The lowest BCUT2D eigenvalue weighted by Crippen LogP contribution is -2.19. The van der Waals surface area contributed by atoms with Crippen molar-refractivity contribution in [3.63, 3.8) is 0 Å². The summed E-state index contributed by atoms with van der Waals surface area (Å²) in [5.74, 6) is -0.432. The molecule has 2 heterocycles. The van der Waals surface area contributed by atoms with Crippen molar-refractivity contribution in [2.45, 2.75) is 13.0 Å². The third kappa shape index (κ3) is 3.11. The summed E-state index contributed by atoms with van der Waals surface area (Å²) in [4.78, 5) is 18.9. The van der Waals surface area contributed by atoms with Gasteiger partial charge in [-0.25, -0.2) is 4.79 Å². The third-order valence-corrected chi connectivity index (χ3v) is 2.34. The molecule has 2 aromatic rings. The first kappa shape index (κ1) is 12.2. The van der Waals surface area contributed by atoms with Gasteiger partial charge in [-0.1, -0.05) is 5.16 Å². The summed E-state index contributed by atoms with van der Waals surface area (Å²) in [5.41, 5.74) is 0.721. The first-order valence-corrected chi connectivity index (χ1v) is 5.41. The van der Waals surface area contributed by atoms with E-state index < -0.39 is 5.97 Å². The topological polar surface area (TPSA) is 101 Å². The molecule has 0 amide bonds. The van der Waals surface area contributed by atoms with Crippen molar-refractivity contribution >= 4 is 5.97 Å². The summed E-state index contributed by atoms with van der Waals surface area (Å²) in [6.07, 6.45) is 3.51. The average Bonchev–Trinajstić information content (AvgIpc) is 2.88. The van der Waals surface area contributed by atoms with Crippen molar-refractivity contribution in [3.05, 3.63) is 41.8 Å². The van der Waals surface area contributed by atoms with Crippen LogP contribution in [0.25, 0.3) is 0 Å². The quantitative estimate of drug-likeness (QED) is 0.717. The second-order valence-corrected chi connectivity index (χ2v) is 3.56. The maximum atomic E-state index is 10.9. The van der Waals surface area contributed by atoms with Gasteiger partial charge < -0.3 is 14.9 Å². The summed E-state index contributed by atoms with van der Waals surface area (Å²) < 4.78 is 4.84. The van der Waals surface area contributed by atoms with Crippen LogP contribution in [0.5, 0.6) is 0 Å². The molecule has 0 radical (unpaired) electrons. The molecule has 7 heteroatoms. The minimum absolute atomic E-state index is 0.211. The van der Waals surface area contributed by atoms with Crippen LogP contribution in [0.15, 0.2) is 29.2 Å². The molecule has 2 N–H and O–H groups in total. The van der Waals surface area contributed by atoms with Gasteiger partial charge in [0.2, 0.25) is 5.89 Å². The largest absolute Gasteiger partial charge is 0.478 e. The molecule has 2 rings (SSSR count). The molecule has 0 aromatic carbocycles. The SMILES string of the molecule is O=C(O)c1cccnc1CNCCc1ncno1. The van der Waals surface area contributed by atoms with Gasteiger partial charge in [0.1, 0.15) is 0 Å². The molecule has 0 bridgehead atoms. The smallest absolute Gasteiger partial charge is 0.337 e. The van der Waals surface area contributed by atoms with Gasteiger partial charge in [-0.2, -0.15) is 4.98 Å². The Morgan fingerprint density at radius 2 is 2.33 bits per heavy atom. The monoisotopic (exact) mass is 248 g/mol. The highest BCUT2D eigenvalue weighted by molar-refractivity contribution is 5.88. The zero-order valence-corrected chi connectivity index (χ0v) is 9.54. The van der Waals surface area contributed by atoms with Crippen LogP contribution in [0, 0.1) is 0 Å². The minimum Gasteiger partial charge on any atom is -0.478 e. The van der Waals surface area contributed by atoms with Crippen molar-refractivity contribution in [1.29, 1.82) is 0 Å². The first-order chi connectivity index (χ1) is 8.77. The highest BCUT2D eigenvalue weighted by Gasteiger charge is 2.09. The number of nitrogens with zero attached hydrogens (tertiary/aromatic N) is 3. The van der Waals surface area contributed by atoms with Gasteiger partial charge >= 0.3 is 5.97 Å². The Bertz CT molecular complexity index is 513. The Kier molecular flexibility index (Phi) is 3.98. The number of aromatic carboxylic acids is 1. The van der Waals surface area contributed by atoms with Crippen LogP contribution in [0.2, 0.25) is 0 Å². The number of hydrogen-bond donors (Lipinski definition) is 2. The van der Waals surface area contributed by atoms with Crippen LogP contribution in [-0.4, -0.2) is 32.7 Å². The fourth-order valence-electron chi connectivity index (χ4n) is 1.48. The normalized spacial score (nSPS) is 10.4. The van der Waals surface area contributed by atoms with E-state index in [2.05, 4.69) is 20.4 Å². The second-order valence-electron chi connectivity index (χ2n) is 3.56. The highest BCUT2D eigenvalue weighted by atomic mass is 16.5. The third-order valence-electron chi connectivity index (χ3n) is 2.34. The van der Waals surface area contributed by atoms with E-state index in [9.17, 15) is 4.79 Å². The first-order valence-electron chi connectivity index (χ1n) is 5.41. The van der Waals surface area contributed by atoms with E-state index in [1.807, 2.05) is 0 Å². The van der Waals surface area contributed by atoms with Crippen molar-refractivity contribution in [1.82, 2.24) is 20.4 Å². The summed E-state index contributed by atoms with van der Waals surface area (Å²) in [6, 6.07) is 3.13. The number of rotatable bonds is 6. The van der Waals surface area contributed by atoms with Crippen molar-refractivity contribution in [2.75, 3.05) is 6.54 Å². The number of aromatic nitrogens is 3. The molecule has 0 atom stereocenters. The molecule has 0 spiro atoms. The van der Waals surface area contributed by atoms with E-state index in [0.29, 0.717) is 31.1 Å². The molecule has 2 aromatic heterocycles. The van der Waals surface area contributed by atoms with E-state index >= 15 is 0 Å². The van der Waals surface area contributed by atoms with Gasteiger partial charge in [0.15, 0.2) is 6.33 Å². The summed E-state index contributed by atoms with van der Waals surface area (Å²) in [7, 11) is 0. The summed E-state index contributed by atoms with van der Waals surface area (Å²) in [5, 5.41) is 15.5. The number of carbonyl (C=O) groups is 1. The van der Waals surface area contributed by atoms with Gasteiger partial charge in [-0.05, 0) is 12.1 Å². The van der Waals surface area contributed by atoms with Crippen LogP contribution in [0.1, 0.15) is 21.9 Å². The predicted octanol–water partition coefficient (Wildman–Crippen LogP) is 0.495. The molecule has 0 aliphatic carbocycles. The maximum absolute atomic E-state index is 10.9. The molecule has 7 nitrogen and oxygen atoms in total. The van der Waals surface area contributed by atoms with Crippen LogP contribution in [0.4, 0.5) is 0 Å². The Labute approximate surface area is 103 Å². The Morgan fingerprint density at radius 3 is 3.06 bits per heavy atom. The van der Waals surface area contributed by atoms with Crippen molar-refractivity contribution in [3.8, 4) is 0 Å². The average molecular weight is 248 g/mol. The Morgan fingerprint density at radius 1 is 1.44 bits per heavy atom. The number of carboxylic acid groups (broad SMARTS) is 1. The van der Waals surface area contributed by atoms with Gasteiger partial charge in [-0.3, -0.25) is 4.98 Å². The van der Waals surface area contributed by atoms with Crippen molar-refractivity contribution < 1.29 is 14.4 Å². The van der Waals surface area contributed by atoms with Gasteiger partial charge in [0, 0.05) is 25.7 Å². The van der Waals surface area contributed by atoms with E-state index in [0.717, 1.165) is 0 Å². The molecular weight excluding hydrogens is 236 g/mol. The Hall–Kier alpha value is -2.28. The van der Waals surface area contributed by atoms with Crippen LogP contribution < -0.4 is 5.32 Å². The number of pyridine rings is 1. The van der Waals surface area contributed by atoms with E-state index in [1.54, 1.807) is 12.3 Å². The lowest BCUT2D eigenvalue weighted by molar-refractivity contribution is 0.0695. The number of nitrogens with one attached hydrogen (secondary N) is 1. The zero-order chi connectivity index (χ0) is 12.8. The number of hydrogen-bond acceptors (Lipinski definition) is 6. The fraction of sp³-hybridized carbons (Fsp3) is 0.273. The van der Waals surface area contributed by atoms with Gasteiger partial charge in [0.05, 0.1) is 11.3 Å². The summed E-state index contributed by atoms with van der Waals surface area (Å²) >= 11 is 0. The molecule has 0 aliphatic heterocycles. The molecule has 0 fully saturated rings. The predicted molar refractivity (Wildman–Crippen MR) is 60.9 cm³/mol. The Balaban J connectivity index is 1.85. The molecule has 0 saturated carbocycles. The lowest BCUT2D eigenvalue weighted by atomic mass is 10.2. The van der Waals surface area contributed by atoms with Crippen LogP contribution in [0.3, 0.4) is 0 Å². The van der Waals surface area contributed by atoms with E-state index in [1.165, 1.54) is 12.4 Å². The highest BCUT2D eigenvalue weighted by Crippen LogP contribution is 2.04. The second kappa shape index (κ2) is 5.87. The summed E-state index contributed by atoms with van der Waals surface area (Å²) in [6.45, 7) is 0.994. The minimum atomic E-state index is -0.975. The molecular formula is C11H12N4O3.